The molecule has 132 valence electrons. The Morgan fingerprint density at radius 3 is 2.81 bits per heavy atom. The lowest BCUT2D eigenvalue weighted by Gasteiger charge is -2.13. The average Bonchev–Trinajstić information content (AvgIpc) is 3.13. The summed E-state index contributed by atoms with van der Waals surface area (Å²) in [6.07, 6.45) is 0. The highest BCUT2D eigenvalue weighted by atomic mass is 79.9. The van der Waals surface area contributed by atoms with Crippen LogP contribution in [0.4, 0.5) is 0 Å². The molecule has 26 heavy (non-hydrogen) atoms. The molecule has 0 aliphatic carbocycles. The van der Waals surface area contributed by atoms with Gasteiger partial charge in [-0.3, -0.25) is 4.79 Å². The fourth-order valence-electron chi connectivity index (χ4n) is 3.29. The zero-order chi connectivity index (χ0) is 18.4. The molecule has 1 atom stereocenters. The summed E-state index contributed by atoms with van der Waals surface area (Å²) in [6.45, 7) is 3.82. The summed E-state index contributed by atoms with van der Waals surface area (Å²) in [5.41, 5.74) is 3.48. The first-order chi connectivity index (χ1) is 12.5. The highest BCUT2D eigenvalue weighted by Gasteiger charge is 2.22. The minimum absolute atomic E-state index is 0.241. The first kappa shape index (κ1) is 16.8. The lowest BCUT2D eigenvalue weighted by atomic mass is 10.1. The van der Waals surface area contributed by atoms with Gasteiger partial charge in [0, 0.05) is 22.5 Å². The van der Waals surface area contributed by atoms with Crippen LogP contribution in [0, 0.1) is 6.92 Å². The molecule has 1 unspecified atom stereocenters. The molecule has 0 radical (unpaired) electrons. The molecule has 2 heterocycles. The Hall–Kier alpha value is -2.60. The van der Waals surface area contributed by atoms with Crippen molar-refractivity contribution in [1.29, 1.82) is 0 Å². The molecule has 6 heteroatoms. The van der Waals surface area contributed by atoms with E-state index in [4.69, 9.17) is 4.42 Å². The van der Waals surface area contributed by atoms with E-state index in [1.165, 1.54) is 0 Å². The van der Waals surface area contributed by atoms with E-state index in [1.807, 2.05) is 67.9 Å². The van der Waals surface area contributed by atoms with Crippen molar-refractivity contribution < 1.29 is 9.21 Å². The van der Waals surface area contributed by atoms with Crippen LogP contribution in [-0.4, -0.2) is 15.5 Å². The average molecular weight is 412 g/mol. The Kier molecular flexibility index (Phi) is 4.07. The van der Waals surface area contributed by atoms with Crippen LogP contribution in [0.15, 0.2) is 51.4 Å². The Morgan fingerprint density at radius 2 is 2.04 bits per heavy atom. The SMILES string of the molecule is Cc1c(C(=O)NC(C)c2nc3ccccc3n2C)oc2ccc(Br)cc12. The fraction of sp³-hybridized carbons (Fsp3) is 0.200. The number of fused-ring (bicyclic) bond motifs is 2. The van der Waals surface area contributed by atoms with Crippen LogP contribution in [0.2, 0.25) is 0 Å². The summed E-state index contributed by atoms with van der Waals surface area (Å²) >= 11 is 3.46. The predicted octanol–water partition coefficient (Wildman–Crippen LogP) is 4.88. The normalized spacial score (nSPS) is 12.6. The number of imidazole rings is 1. The van der Waals surface area contributed by atoms with Crippen LogP contribution in [0.5, 0.6) is 0 Å². The summed E-state index contributed by atoms with van der Waals surface area (Å²) < 4.78 is 8.74. The quantitative estimate of drug-likeness (QED) is 0.522. The third-order valence-electron chi connectivity index (χ3n) is 4.66. The van der Waals surface area contributed by atoms with Crippen LogP contribution in [0.3, 0.4) is 0 Å². The summed E-state index contributed by atoms with van der Waals surface area (Å²) in [6, 6.07) is 13.4. The molecule has 4 aromatic rings. The van der Waals surface area contributed by atoms with Crippen molar-refractivity contribution in [2.75, 3.05) is 0 Å². The fourth-order valence-corrected chi connectivity index (χ4v) is 3.65. The number of aryl methyl sites for hydroxylation is 2. The molecule has 2 aromatic heterocycles. The van der Waals surface area contributed by atoms with E-state index >= 15 is 0 Å². The lowest BCUT2D eigenvalue weighted by Crippen LogP contribution is -2.28. The number of carbonyl (C=O) groups excluding carboxylic acids is 1. The molecule has 0 aliphatic heterocycles. The van der Waals surface area contributed by atoms with E-state index in [2.05, 4.69) is 26.2 Å². The number of halogens is 1. The van der Waals surface area contributed by atoms with Crippen molar-refractivity contribution in [3.8, 4) is 0 Å². The largest absolute Gasteiger partial charge is 0.451 e. The molecule has 4 rings (SSSR count). The number of nitrogens with one attached hydrogen (secondary N) is 1. The second-order valence-corrected chi connectivity index (χ2v) is 7.33. The van der Waals surface area contributed by atoms with Crippen LogP contribution >= 0.6 is 15.9 Å². The number of rotatable bonds is 3. The van der Waals surface area contributed by atoms with E-state index in [9.17, 15) is 4.79 Å². The molecule has 0 fully saturated rings. The predicted molar refractivity (Wildman–Crippen MR) is 105 cm³/mol. The van der Waals surface area contributed by atoms with E-state index < -0.39 is 0 Å². The number of amides is 1. The minimum atomic E-state index is -0.251. The molecule has 0 bridgehead atoms. The summed E-state index contributed by atoms with van der Waals surface area (Å²) in [7, 11) is 1.96. The summed E-state index contributed by atoms with van der Waals surface area (Å²) in [4.78, 5) is 17.4. The molecule has 0 saturated heterocycles. The molecule has 2 aromatic carbocycles. The maximum Gasteiger partial charge on any atom is 0.287 e. The summed E-state index contributed by atoms with van der Waals surface area (Å²) in [5.74, 6) is 0.897. The first-order valence-electron chi connectivity index (χ1n) is 8.36. The molecular formula is C20H18BrN3O2. The molecule has 0 spiro atoms. The molecular weight excluding hydrogens is 394 g/mol. The summed E-state index contributed by atoms with van der Waals surface area (Å²) in [5, 5.41) is 3.93. The van der Waals surface area contributed by atoms with Gasteiger partial charge in [0.2, 0.25) is 0 Å². The van der Waals surface area contributed by atoms with Gasteiger partial charge in [0.1, 0.15) is 11.4 Å². The Morgan fingerprint density at radius 1 is 1.27 bits per heavy atom. The molecule has 5 nitrogen and oxygen atoms in total. The number of benzene rings is 2. The lowest BCUT2D eigenvalue weighted by molar-refractivity contribution is 0.0911. The Labute approximate surface area is 159 Å². The smallest absolute Gasteiger partial charge is 0.287 e. The van der Waals surface area contributed by atoms with Gasteiger partial charge in [0.15, 0.2) is 5.76 Å². The Bertz CT molecular complexity index is 1140. The van der Waals surface area contributed by atoms with Crippen LogP contribution in [0.25, 0.3) is 22.0 Å². The standard InChI is InChI=1S/C20H18BrN3O2/c1-11-14-10-13(21)8-9-17(14)26-18(11)20(25)22-12(2)19-23-15-6-4-5-7-16(15)24(19)3/h4-10,12H,1-3H3,(H,22,25). The second kappa shape index (κ2) is 6.29. The molecule has 0 aliphatic rings. The van der Waals surface area contributed by atoms with Gasteiger partial charge in [0.25, 0.3) is 5.91 Å². The number of furan rings is 1. The van der Waals surface area contributed by atoms with Crippen LogP contribution in [0.1, 0.15) is 34.9 Å². The van der Waals surface area contributed by atoms with E-state index in [0.717, 1.165) is 32.3 Å². The van der Waals surface area contributed by atoms with Gasteiger partial charge in [-0.1, -0.05) is 28.1 Å². The van der Waals surface area contributed by atoms with Crippen molar-refractivity contribution in [3.05, 3.63) is 64.1 Å². The molecule has 0 saturated carbocycles. The van der Waals surface area contributed by atoms with E-state index in [-0.39, 0.29) is 11.9 Å². The monoisotopic (exact) mass is 411 g/mol. The van der Waals surface area contributed by atoms with Gasteiger partial charge in [-0.15, -0.1) is 0 Å². The van der Waals surface area contributed by atoms with Gasteiger partial charge < -0.3 is 14.3 Å². The highest BCUT2D eigenvalue weighted by Crippen LogP contribution is 2.28. The molecule has 1 amide bonds. The van der Waals surface area contributed by atoms with Crippen molar-refractivity contribution in [3.63, 3.8) is 0 Å². The van der Waals surface area contributed by atoms with Crippen molar-refractivity contribution >= 4 is 43.8 Å². The second-order valence-electron chi connectivity index (χ2n) is 6.41. The number of nitrogens with zero attached hydrogens (tertiary/aromatic N) is 2. The Balaban J connectivity index is 1.65. The zero-order valence-corrected chi connectivity index (χ0v) is 16.3. The van der Waals surface area contributed by atoms with Crippen LogP contribution in [-0.2, 0) is 7.05 Å². The number of hydrogen-bond acceptors (Lipinski definition) is 3. The number of para-hydroxylation sites is 2. The minimum Gasteiger partial charge on any atom is -0.451 e. The number of carbonyl (C=O) groups is 1. The van der Waals surface area contributed by atoms with Gasteiger partial charge in [0.05, 0.1) is 17.1 Å². The van der Waals surface area contributed by atoms with E-state index in [0.29, 0.717) is 11.3 Å². The van der Waals surface area contributed by atoms with E-state index in [1.54, 1.807) is 0 Å². The first-order valence-corrected chi connectivity index (χ1v) is 9.16. The van der Waals surface area contributed by atoms with Crippen LogP contribution < -0.4 is 5.32 Å². The highest BCUT2D eigenvalue weighted by molar-refractivity contribution is 9.10. The maximum absolute atomic E-state index is 12.8. The third kappa shape index (κ3) is 2.70. The molecule has 1 N–H and O–H groups in total. The van der Waals surface area contributed by atoms with Crippen molar-refractivity contribution in [2.45, 2.75) is 19.9 Å². The topological polar surface area (TPSA) is 60.1 Å². The van der Waals surface area contributed by atoms with Gasteiger partial charge in [-0.05, 0) is 44.2 Å². The zero-order valence-electron chi connectivity index (χ0n) is 14.7. The number of aromatic nitrogens is 2. The number of hydrogen-bond donors (Lipinski definition) is 1. The van der Waals surface area contributed by atoms with Gasteiger partial charge in [-0.2, -0.15) is 0 Å². The van der Waals surface area contributed by atoms with Crippen molar-refractivity contribution in [2.24, 2.45) is 7.05 Å². The van der Waals surface area contributed by atoms with Gasteiger partial charge >= 0.3 is 0 Å². The third-order valence-corrected chi connectivity index (χ3v) is 5.15. The van der Waals surface area contributed by atoms with Crippen molar-refractivity contribution in [1.82, 2.24) is 14.9 Å². The maximum atomic E-state index is 12.8. The van der Waals surface area contributed by atoms with Gasteiger partial charge in [-0.25, -0.2) is 4.98 Å².